The van der Waals surface area contributed by atoms with Crippen molar-refractivity contribution in [1.29, 1.82) is 0 Å². The molecule has 1 fully saturated rings. The number of hydrogen-bond acceptors (Lipinski definition) is 3. The number of rotatable bonds is 7. The highest BCUT2D eigenvalue weighted by molar-refractivity contribution is 5.72. The molecule has 0 aromatic heterocycles. The lowest BCUT2D eigenvalue weighted by molar-refractivity contribution is -0.146. The first-order valence-corrected chi connectivity index (χ1v) is 9.99. The van der Waals surface area contributed by atoms with E-state index in [9.17, 15) is 4.79 Å². The summed E-state index contributed by atoms with van der Waals surface area (Å²) in [7, 11) is 3.19. The summed E-state index contributed by atoms with van der Waals surface area (Å²) in [5.74, 6) is 1.21. The summed E-state index contributed by atoms with van der Waals surface area (Å²) in [5.41, 5.74) is 2.31. The molecule has 0 N–H and O–H groups in total. The predicted octanol–water partition coefficient (Wildman–Crippen LogP) is 5.39. The molecule has 2 rings (SSSR count). The van der Waals surface area contributed by atoms with Crippen LogP contribution in [0.1, 0.15) is 72.6 Å². The molecule has 0 saturated heterocycles. The summed E-state index contributed by atoms with van der Waals surface area (Å²) in [6.45, 7) is 10.3. The van der Waals surface area contributed by atoms with E-state index < -0.39 is 0 Å². The quantitative estimate of drug-likeness (QED) is 0.456. The summed E-state index contributed by atoms with van der Waals surface area (Å²) < 4.78 is 10.2. The Morgan fingerprint density at radius 3 is 2.60 bits per heavy atom. The van der Waals surface area contributed by atoms with Crippen molar-refractivity contribution in [3.05, 3.63) is 11.6 Å². The molecule has 2 aliphatic rings. The number of allylic oxidation sites excluding steroid dienone is 2. The van der Waals surface area contributed by atoms with E-state index in [0.717, 1.165) is 25.2 Å². The zero-order chi connectivity index (χ0) is 18.7. The number of hydrogen-bond donors (Lipinski definition) is 0. The Morgan fingerprint density at radius 2 is 1.96 bits per heavy atom. The van der Waals surface area contributed by atoms with Gasteiger partial charge in [0.05, 0.1) is 13.0 Å². The number of carbonyl (C=O) groups is 1. The molecule has 4 unspecified atom stereocenters. The minimum Gasteiger partial charge on any atom is -0.469 e. The highest BCUT2D eigenvalue weighted by Crippen LogP contribution is 2.60. The molecule has 144 valence electrons. The highest BCUT2D eigenvalue weighted by Gasteiger charge is 2.51. The fourth-order valence-electron chi connectivity index (χ4n) is 5.87. The van der Waals surface area contributed by atoms with Gasteiger partial charge in [-0.1, -0.05) is 38.8 Å². The topological polar surface area (TPSA) is 35.5 Å². The van der Waals surface area contributed by atoms with Gasteiger partial charge >= 0.3 is 5.97 Å². The molecule has 3 nitrogen and oxygen atoms in total. The van der Waals surface area contributed by atoms with Gasteiger partial charge in [-0.2, -0.15) is 0 Å². The van der Waals surface area contributed by atoms with Crippen LogP contribution in [0.25, 0.3) is 0 Å². The fourth-order valence-corrected chi connectivity index (χ4v) is 5.87. The van der Waals surface area contributed by atoms with Crippen LogP contribution in [0, 0.1) is 28.6 Å². The summed E-state index contributed by atoms with van der Waals surface area (Å²) in [4.78, 5) is 12.1. The molecule has 2 aliphatic carbocycles. The van der Waals surface area contributed by atoms with Crippen molar-refractivity contribution in [2.24, 2.45) is 28.6 Å². The van der Waals surface area contributed by atoms with Crippen LogP contribution in [0.2, 0.25) is 0 Å². The number of ether oxygens (including phenoxy) is 2. The maximum absolute atomic E-state index is 12.1. The van der Waals surface area contributed by atoms with E-state index in [2.05, 4.69) is 33.8 Å². The van der Waals surface area contributed by atoms with Crippen molar-refractivity contribution in [3.63, 3.8) is 0 Å². The third kappa shape index (κ3) is 4.30. The standard InChI is InChI=1S/C22H38O3/c1-16-8-11-19-21(2,3)13-7-14-22(19,4)18(16)10-9-17(12-15-24-5)20(23)25-6/h8,17-19H,7,9-15H2,1-6H3. The minimum atomic E-state index is -0.0832. The molecule has 25 heavy (non-hydrogen) atoms. The Labute approximate surface area is 154 Å². The lowest BCUT2D eigenvalue weighted by atomic mass is 9.48. The van der Waals surface area contributed by atoms with Gasteiger partial charge in [0.1, 0.15) is 0 Å². The number of fused-ring (bicyclic) bond motifs is 1. The van der Waals surface area contributed by atoms with Gasteiger partial charge in [-0.05, 0) is 68.1 Å². The van der Waals surface area contributed by atoms with Crippen LogP contribution in [0.3, 0.4) is 0 Å². The Hall–Kier alpha value is -0.830. The van der Waals surface area contributed by atoms with Crippen LogP contribution in [0.15, 0.2) is 11.6 Å². The Kier molecular flexibility index (Phi) is 6.75. The first-order chi connectivity index (χ1) is 11.8. The highest BCUT2D eigenvalue weighted by atomic mass is 16.5. The lowest BCUT2D eigenvalue weighted by Gasteiger charge is -2.57. The van der Waals surface area contributed by atoms with E-state index in [-0.39, 0.29) is 11.9 Å². The van der Waals surface area contributed by atoms with Gasteiger partial charge in [0, 0.05) is 13.7 Å². The van der Waals surface area contributed by atoms with Crippen LogP contribution < -0.4 is 0 Å². The molecule has 3 heteroatoms. The molecule has 0 aliphatic heterocycles. The van der Waals surface area contributed by atoms with Gasteiger partial charge in [0.2, 0.25) is 0 Å². The van der Waals surface area contributed by atoms with E-state index in [4.69, 9.17) is 9.47 Å². The summed E-state index contributed by atoms with van der Waals surface area (Å²) >= 11 is 0. The smallest absolute Gasteiger partial charge is 0.308 e. The molecule has 1 saturated carbocycles. The molecular formula is C22H38O3. The van der Waals surface area contributed by atoms with Crippen molar-refractivity contribution < 1.29 is 14.3 Å². The second kappa shape index (κ2) is 8.24. The third-order valence-electron chi connectivity index (χ3n) is 7.31. The fraction of sp³-hybridized carbons (Fsp3) is 0.864. The molecule has 0 aromatic rings. The number of esters is 1. The molecule has 0 radical (unpaired) electrons. The van der Waals surface area contributed by atoms with E-state index in [1.54, 1.807) is 7.11 Å². The molecular weight excluding hydrogens is 312 g/mol. The zero-order valence-electron chi connectivity index (χ0n) is 17.2. The van der Waals surface area contributed by atoms with E-state index in [1.807, 2.05) is 0 Å². The Balaban J connectivity index is 2.14. The van der Waals surface area contributed by atoms with E-state index >= 15 is 0 Å². The number of methoxy groups -OCH3 is 2. The van der Waals surface area contributed by atoms with Gasteiger partial charge in [-0.15, -0.1) is 0 Å². The van der Waals surface area contributed by atoms with Gasteiger partial charge in [-0.3, -0.25) is 4.79 Å². The largest absolute Gasteiger partial charge is 0.469 e. The van der Waals surface area contributed by atoms with Gasteiger partial charge < -0.3 is 9.47 Å². The molecule has 0 heterocycles. The van der Waals surface area contributed by atoms with Gasteiger partial charge in [-0.25, -0.2) is 0 Å². The lowest BCUT2D eigenvalue weighted by Crippen LogP contribution is -2.48. The van der Waals surface area contributed by atoms with Crippen molar-refractivity contribution in [2.45, 2.75) is 72.6 Å². The summed E-state index contributed by atoms with van der Waals surface area (Å²) in [6.07, 6.45) is 10.4. The van der Waals surface area contributed by atoms with Crippen LogP contribution >= 0.6 is 0 Å². The predicted molar refractivity (Wildman–Crippen MR) is 102 cm³/mol. The second-order valence-electron chi connectivity index (χ2n) is 9.22. The Bertz CT molecular complexity index is 494. The van der Waals surface area contributed by atoms with Crippen molar-refractivity contribution in [3.8, 4) is 0 Å². The molecule has 4 atom stereocenters. The van der Waals surface area contributed by atoms with Crippen molar-refractivity contribution in [2.75, 3.05) is 20.8 Å². The first kappa shape index (κ1) is 20.5. The van der Waals surface area contributed by atoms with E-state index in [0.29, 0.717) is 23.4 Å². The average molecular weight is 351 g/mol. The minimum absolute atomic E-state index is 0.0432. The number of carbonyl (C=O) groups excluding carboxylic acids is 1. The van der Waals surface area contributed by atoms with Crippen LogP contribution in [-0.2, 0) is 14.3 Å². The van der Waals surface area contributed by atoms with Crippen molar-refractivity contribution in [1.82, 2.24) is 0 Å². The molecule has 0 spiro atoms. The summed E-state index contributed by atoms with van der Waals surface area (Å²) in [6, 6.07) is 0. The Morgan fingerprint density at radius 1 is 1.24 bits per heavy atom. The first-order valence-electron chi connectivity index (χ1n) is 9.99. The van der Waals surface area contributed by atoms with Crippen LogP contribution in [-0.4, -0.2) is 26.8 Å². The molecule has 0 amide bonds. The normalized spacial score (nSPS) is 32.5. The maximum Gasteiger partial charge on any atom is 0.308 e. The second-order valence-corrected chi connectivity index (χ2v) is 9.22. The average Bonchev–Trinajstić information content (AvgIpc) is 2.55. The van der Waals surface area contributed by atoms with Crippen molar-refractivity contribution >= 4 is 5.97 Å². The monoisotopic (exact) mass is 350 g/mol. The maximum atomic E-state index is 12.1. The zero-order valence-corrected chi connectivity index (χ0v) is 17.2. The summed E-state index contributed by atoms with van der Waals surface area (Å²) in [5, 5.41) is 0. The third-order valence-corrected chi connectivity index (χ3v) is 7.31. The SMILES string of the molecule is COCCC(CCC1C(C)=CCC2C(C)(C)CCCC12C)C(=O)OC. The molecule has 0 bridgehead atoms. The molecule has 0 aromatic carbocycles. The van der Waals surface area contributed by atoms with Crippen LogP contribution in [0.4, 0.5) is 0 Å². The van der Waals surface area contributed by atoms with Gasteiger partial charge in [0.15, 0.2) is 0 Å². The van der Waals surface area contributed by atoms with Gasteiger partial charge in [0.25, 0.3) is 0 Å². The van der Waals surface area contributed by atoms with E-state index in [1.165, 1.54) is 38.4 Å². The van der Waals surface area contributed by atoms with Crippen LogP contribution in [0.5, 0.6) is 0 Å².